The van der Waals surface area contributed by atoms with Crippen LogP contribution in [0, 0.1) is 11.8 Å². The molecule has 1 fully saturated rings. The van der Waals surface area contributed by atoms with Crippen LogP contribution in [0.4, 0.5) is 0 Å². The van der Waals surface area contributed by atoms with Crippen LogP contribution in [0.5, 0.6) is 0 Å². The Kier molecular flexibility index (Phi) is 7.98. The minimum Gasteiger partial charge on any atom is -0.465 e. The largest absolute Gasteiger partial charge is 0.465 e. The van der Waals surface area contributed by atoms with Gasteiger partial charge in [-0.15, -0.1) is 0 Å². The molecule has 1 unspecified atom stereocenters. The average Bonchev–Trinajstić information content (AvgIpc) is 3.63. The lowest BCUT2D eigenvalue weighted by atomic mass is 10.1. The van der Waals surface area contributed by atoms with E-state index in [1.807, 2.05) is 48.0 Å². The molecule has 1 aliphatic rings. The molecule has 194 valence electrons. The number of carbonyl (C=O) groups is 1. The van der Waals surface area contributed by atoms with Crippen LogP contribution in [-0.2, 0) is 20.8 Å². The summed E-state index contributed by atoms with van der Waals surface area (Å²) in [5.74, 6) is 7.39. The first-order chi connectivity index (χ1) is 18.6. The maximum Gasteiger partial charge on any atom is 0.337 e. The fraction of sp³-hybridized carbons (Fsp3) is 0.300. The van der Waals surface area contributed by atoms with E-state index >= 15 is 0 Å². The first-order valence-corrected chi connectivity index (χ1v) is 12.6. The number of hydrogen-bond donors (Lipinski definition) is 0. The van der Waals surface area contributed by atoms with E-state index < -0.39 is 0 Å². The molecule has 8 nitrogen and oxygen atoms in total. The summed E-state index contributed by atoms with van der Waals surface area (Å²) >= 11 is 0. The fourth-order valence-electron chi connectivity index (χ4n) is 4.29. The highest BCUT2D eigenvalue weighted by molar-refractivity contribution is 5.89. The van der Waals surface area contributed by atoms with Crippen LogP contribution < -0.4 is 0 Å². The van der Waals surface area contributed by atoms with Crippen LogP contribution in [0.25, 0.3) is 11.3 Å². The van der Waals surface area contributed by atoms with E-state index in [0.717, 1.165) is 54.1 Å². The summed E-state index contributed by atoms with van der Waals surface area (Å²) in [6.45, 7) is 3.26. The maximum absolute atomic E-state index is 11.6. The molecule has 0 N–H and O–H groups in total. The number of hydrogen-bond acceptors (Lipinski definition) is 7. The zero-order chi connectivity index (χ0) is 26.3. The molecule has 2 atom stereocenters. The Morgan fingerprint density at radius 3 is 2.53 bits per heavy atom. The van der Waals surface area contributed by atoms with Crippen molar-refractivity contribution in [3.63, 3.8) is 0 Å². The van der Waals surface area contributed by atoms with Gasteiger partial charge in [-0.2, -0.15) is 0 Å². The van der Waals surface area contributed by atoms with Crippen LogP contribution >= 0.6 is 0 Å². The topological polar surface area (TPSA) is 88.6 Å². The van der Waals surface area contributed by atoms with Crippen molar-refractivity contribution < 1.29 is 23.5 Å². The monoisotopic (exact) mass is 511 g/mol. The highest BCUT2D eigenvalue weighted by Crippen LogP contribution is 2.25. The van der Waals surface area contributed by atoms with Crippen LogP contribution in [0.2, 0.25) is 0 Å². The second-order valence-corrected chi connectivity index (χ2v) is 9.07. The third-order valence-corrected chi connectivity index (χ3v) is 6.32. The van der Waals surface area contributed by atoms with Gasteiger partial charge < -0.3 is 23.3 Å². The molecule has 0 amide bonds. The number of imidazole rings is 1. The van der Waals surface area contributed by atoms with Crippen molar-refractivity contribution in [1.29, 1.82) is 0 Å². The highest BCUT2D eigenvalue weighted by Gasteiger charge is 2.21. The van der Waals surface area contributed by atoms with Crippen LogP contribution in [0.15, 0.2) is 71.5 Å². The van der Waals surface area contributed by atoms with Gasteiger partial charge in [0.25, 0.3) is 0 Å². The summed E-state index contributed by atoms with van der Waals surface area (Å²) in [6, 6.07) is 16.7. The van der Waals surface area contributed by atoms with Gasteiger partial charge in [0.15, 0.2) is 12.1 Å². The minimum atomic E-state index is -0.366. The molecule has 2 aromatic heterocycles. The standard InChI is InChI=1S/C30H29N3O5/c1-21(37-28-5-3-4-18-36-28)29-31-16-17-33(29)20-26-19-27(38-32-26)24-12-8-22(9-13-24)6-7-23-10-14-25(15-11-23)30(34)35-2/h8-17,19,21,28H,3-5,18,20H2,1-2H3/t21-,28?/m0/s1. The molecule has 1 saturated heterocycles. The van der Waals surface area contributed by atoms with Crippen molar-refractivity contribution in [2.75, 3.05) is 13.7 Å². The molecule has 0 radical (unpaired) electrons. The molecule has 0 bridgehead atoms. The zero-order valence-electron chi connectivity index (χ0n) is 21.4. The summed E-state index contributed by atoms with van der Waals surface area (Å²) in [7, 11) is 1.36. The van der Waals surface area contributed by atoms with E-state index in [0.29, 0.717) is 17.9 Å². The number of nitrogens with zero attached hydrogens (tertiary/aromatic N) is 3. The predicted octanol–water partition coefficient (Wildman–Crippen LogP) is 5.38. The lowest BCUT2D eigenvalue weighted by Crippen LogP contribution is -2.24. The Morgan fingerprint density at radius 2 is 1.84 bits per heavy atom. The minimum absolute atomic E-state index is 0.178. The zero-order valence-corrected chi connectivity index (χ0v) is 21.4. The molecular formula is C30H29N3O5. The molecule has 4 aromatic rings. The smallest absolute Gasteiger partial charge is 0.337 e. The Hall–Kier alpha value is -4.19. The number of benzene rings is 2. The summed E-state index contributed by atoms with van der Waals surface area (Å²) < 4.78 is 24.2. The summed E-state index contributed by atoms with van der Waals surface area (Å²) in [4.78, 5) is 16.1. The first-order valence-electron chi connectivity index (χ1n) is 12.6. The number of ether oxygens (including phenoxy) is 3. The van der Waals surface area contributed by atoms with Crippen molar-refractivity contribution >= 4 is 5.97 Å². The average molecular weight is 512 g/mol. The summed E-state index contributed by atoms with van der Waals surface area (Å²) in [6.07, 6.45) is 6.43. The third-order valence-electron chi connectivity index (χ3n) is 6.32. The molecule has 3 heterocycles. The Morgan fingerprint density at radius 1 is 1.11 bits per heavy atom. The SMILES string of the molecule is COC(=O)c1ccc(C#Cc2ccc(-c3cc(Cn4ccnc4[C@H](C)OC4CCCCO4)no3)cc2)cc1. The predicted molar refractivity (Wildman–Crippen MR) is 140 cm³/mol. The van der Waals surface area contributed by atoms with Crippen molar-refractivity contribution in [3.05, 3.63) is 95.2 Å². The number of esters is 1. The van der Waals surface area contributed by atoms with E-state index in [9.17, 15) is 4.79 Å². The molecule has 8 heteroatoms. The Labute approximate surface area is 221 Å². The molecule has 2 aromatic carbocycles. The van der Waals surface area contributed by atoms with Crippen LogP contribution in [0.1, 0.15) is 65.3 Å². The Balaban J connectivity index is 1.21. The number of rotatable bonds is 7. The lowest BCUT2D eigenvalue weighted by molar-refractivity contribution is -0.188. The number of methoxy groups -OCH3 is 1. The quantitative estimate of drug-likeness (QED) is 0.243. The van der Waals surface area contributed by atoms with Crippen molar-refractivity contribution in [1.82, 2.24) is 14.7 Å². The fourth-order valence-corrected chi connectivity index (χ4v) is 4.29. The van der Waals surface area contributed by atoms with E-state index in [2.05, 4.69) is 22.0 Å². The van der Waals surface area contributed by atoms with Gasteiger partial charge in [0, 0.05) is 41.8 Å². The van der Waals surface area contributed by atoms with Crippen molar-refractivity contribution in [2.24, 2.45) is 0 Å². The molecule has 0 spiro atoms. The molecule has 1 aliphatic heterocycles. The third kappa shape index (κ3) is 6.20. The normalized spacial score (nSPS) is 15.9. The van der Waals surface area contributed by atoms with Crippen LogP contribution in [-0.4, -0.2) is 40.7 Å². The van der Waals surface area contributed by atoms with Gasteiger partial charge in [0.2, 0.25) is 0 Å². The van der Waals surface area contributed by atoms with Gasteiger partial charge >= 0.3 is 5.97 Å². The van der Waals surface area contributed by atoms with Gasteiger partial charge in [0.05, 0.1) is 19.2 Å². The van der Waals surface area contributed by atoms with Crippen molar-refractivity contribution in [2.45, 2.75) is 45.1 Å². The number of carbonyl (C=O) groups excluding carboxylic acids is 1. The molecule has 38 heavy (non-hydrogen) atoms. The van der Waals surface area contributed by atoms with E-state index in [1.165, 1.54) is 7.11 Å². The van der Waals surface area contributed by atoms with Crippen LogP contribution in [0.3, 0.4) is 0 Å². The second kappa shape index (κ2) is 11.9. The van der Waals surface area contributed by atoms with Gasteiger partial charge in [0.1, 0.15) is 17.6 Å². The van der Waals surface area contributed by atoms with Gasteiger partial charge in [-0.05, 0) is 74.7 Å². The van der Waals surface area contributed by atoms with Crippen molar-refractivity contribution in [3.8, 4) is 23.2 Å². The van der Waals surface area contributed by atoms with Gasteiger partial charge in [-0.1, -0.05) is 17.0 Å². The van der Waals surface area contributed by atoms with Gasteiger partial charge in [-0.3, -0.25) is 0 Å². The summed E-state index contributed by atoms with van der Waals surface area (Å²) in [5.41, 5.74) is 3.87. The molecule has 0 saturated carbocycles. The van der Waals surface area contributed by atoms with Gasteiger partial charge in [-0.25, -0.2) is 9.78 Å². The summed E-state index contributed by atoms with van der Waals surface area (Å²) in [5, 5.41) is 4.26. The van der Waals surface area contributed by atoms with E-state index in [1.54, 1.807) is 30.5 Å². The second-order valence-electron chi connectivity index (χ2n) is 9.07. The lowest BCUT2D eigenvalue weighted by Gasteiger charge is -2.26. The Bertz CT molecular complexity index is 1420. The first kappa shape index (κ1) is 25.5. The number of aromatic nitrogens is 3. The molecule has 5 rings (SSSR count). The molecular weight excluding hydrogens is 482 g/mol. The molecule has 0 aliphatic carbocycles. The van der Waals surface area contributed by atoms with E-state index in [-0.39, 0.29) is 18.4 Å². The van der Waals surface area contributed by atoms with E-state index in [4.69, 9.17) is 18.7 Å². The highest BCUT2D eigenvalue weighted by atomic mass is 16.7. The maximum atomic E-state index is 11.6.